The van der Waals surface area contributed by atoms with E-state index in [1.807, 2.05) is 30.3 Å². The Morgan fingerprint density at radius 2 is 1.90 bits per heavy atom. The Morgan fingerprint density at radius 1 is 1.07 bits per heavy atom. The number of nitrogens with two attached hydrogens (primary N) is 1. The number of nitrogens with zero attached hydrogens (tertiary/aromatic N) is 2. The highest BCUT2D eigenvalue weighted by molar-refractivity contribution is 6.05. The van der Waals surface area contributed by atoms with Gasteiger partial charge in [-0.25, -0.2) is 0 Å². The van der Waals surface area contributed by atoms with E-state index in [0.717, 1.165) is 35.5 Å². The smallest absolute Gasteiger partial charge is 0.255 e. The number of hydrogen-bond acceptors (Lipinski definition) is 5. The molecule has 2 aromatic rings. The summed E-state index contributed by atoms with van der Waals surface area (Å²) >= 11 is 0. The van der Waals surface area contributed by atoms with Gasteiger partial charge in [0.25, 0.3) is 5.91 Å². The van der Waals surface area contributed by atoms with Crippen LogP contribution < -0.4 is 16.0 Å². The van der Waals surface area contributed by atoms with E-state index < -0.39 is 6.04 Å². The maximum Gasteiger partial charge on any atom is 0.255 e. The molecule has 3 heterocycles. The summed E-state index contributed by atoms with van der Waals surface area (Å²) in [4.78, 5) is 40.6. The molecule has 2 aromatic carbocycles. The summed E-state index contributed by atoms with van der Waals surface area (Å²) < 4.78 is 0. The fraction of sp³-hybridized carbons (Fsp3) is 0.318. The van der Waals surface area contributed by atoms with Crippen LogP contribution in [0, 0.1) is 0 Å². The predicted molar refractivity (Wildman–Crippen MR) is 108 cm³/mol. The van der Waals surface area contributed by atoms with E-state index in [9.17, 15) is 14.4 Å². The fourth-order valence-corrected chi connectivity index (χ4v) is 4.73. The van der Waals surface area contributed by atoms with Crippen molar-refractivity contribution in [2.24, 2.45) is 0 Å². The van der Waals surface area contributed by atoms with Crippen LogP contribution in [0.25, 0.3) is 0 Å². The van der Waals surface area contributed by atoms with Crippen LogP contribution in [-0.4, -0.2) is 35.2 Å². The minimum atomic E-state index is -0.594. The Hall–Kier alpha value is -3.35. The summed E-state index contributed by atoms with van der Waals surface area (Å²) in [6.07, 6.45) is 1.58. The second kappa shape index (κ2) is 6.62. The van der Waals surface area contributed by atoms with Gasteiger partial charge in [0, 0.05) is 31.6 Å². The summed E-state index contributed by atoms with van der Waals surface area (Å²) in [6.45, 7) is 1.94. The Kier molecular flexibility index (Phi) is 4.04. The number of piperidine rings is 1. The predicted octanol–water partition coefficient (Wildman–Crippen LogP) is 1.59. The molecule has 5 rings (SSSR count). The lowest BCUT2D eigenvalue weighted by atomic mass is 10.0. The molecule has 0 saturated carbocycles. The second-order valence-corrected chi connectivity index (χ2v) is 7.87. The number of benzene rings is 2. The van der Waals surface area contributed by atoms with E-state index >= 15 is 0 Å². The van der Waals surface area contributed by atoms with E-state index in [0.29, 0.717) is 25.1 Å². The zero-order chi connectivity index (χ0) is 20.1. The van der Waals surface area contributed by atoms with Gasteiger partial charge < -0.3 is 15.5 Å². The number of hydrogen-bond donors (Lipinski definition) is 2. The van der Waals surface area contributed by atoms with Gasteiger partial charge in [-0.2, -0.15) is 0 Å². The fourth-order valence-electron chi connectivity index (χ4n) is 4.73. The van der Waals surface area contributed by atoms with Crippen LogP contribution in [0.5, 0.6) is 0 Å². The van der Waals surface area contributed by atoms with Crippen molar-refractivity contribution in [3.05, 3.63) is 58.7 Å². The average molecular weight is 390 g/mol. The minimum Gasteiger partial charge on any atom is -0.397 e. The first-order valence-electron chi connectivity index (χ1n) is 9.90. The van der Waals surface area contributed by atoms with Crippen LogP contribution in [0.1, 0.15) is 39.9 Å². The summed E-state index contributed by atoms with van der Waals surface area (Å²) in [6, 6.07) is 11.2. The Labute approximate surface area is 168 Å². The maximum atomic E-state index is 13.0. The molecule has 3 N–H and O–H groups in total. The van der Waals surface area contributed by atoms with Crippen molar-refractivity contribution in [3.8, 4) is 0 Å². The molecule has 7 heteroatoms. The number of fused-ring (bicyclic) bond motifs is 2. The van der Waals surface area contributed by atoms with Gasteiger partial charge in [-0.15, -0.1) is 0 Å². The molecule has 0 bridgehead atoms. The molecule has 1 unspecified atom stereocenters. The van der Waals surface area contributed by atoms with E-state index in [1.54, 1.807) is 4.90 Å². The van der Waals surface area contributed by atoms with Crippen molar-refractivity contribution < 1.29 is 14.4 Å². The molecule has 1 atom stereocenters. The van der Waals surface area contributed by atoms with Crippen molar-refractivity contribution >= 4 is 29.1 Å². The van der Waals surface area contributed by atoms with Crippen LogP contribution in [-0.2, 0) is 29.1 Å². The topological polar surface area (TPSA) is 95.7 Å². The monoisotopic (exact) mass is 390 g/mol. The molecule has 3 aliphatic rings. The number of carbonyl (C=O) groups excluding carboxylic acids is 3. The lowest BCUT2D eigenvalue weighted by Gasteiger charge is -2.29. The Bertz CT molecular complexity index is 1050. The number of nitrogen functional groups attached to an aromatic ring is 1. The van der Waals surface area contributed by atoms with Gasteiger partial charge in [0.05, 0.1) is 11.4 Å². The van der Waals surface area contributed by atoms with Gasteiger partial charge in [0.2, 0.25) is 11.8 Å². The molecule has 29 heavy (non-hydrogen) atoms. The van der Waals surface area contributed by atoms with Gasteiger partial charge in [-0.1, -0.05) is 24.3 Å². The summed E-state index contributed by atoms with van der Waals surface area (Å²) in [5.41, 5.74) is 12.0. The van der Waals surface area contributed by atoms with Crippen LogP contribution in [0.2, 0.25) is 0 Å². The van der Waals surface area contributed by atoms with E-state index in [4.69, 9.17) is 5.73 Å². The SMILES string of the molecule is Nc1cccc2c1N(Cc1cccc3c1CN(C1CCC(=O)NC1=O)C3=O)CC2. The molecule has 0 aromatic heterocycles. The lowest BCUT2D eigenvalue weighted by Crippen LogP contribution is -2.52. The summed E-state index contributed by atoms with van der Waals surface area (Å²) in [5.74, 6) is -0.802. The van der Waals surface area contributed by atoms with Crippen molar-refractivity contribution in [2.45, 2.75) is 38.4 Å². The third-order valence-corrected chi connectivity index (χ3v) is 6.16. The standard InChI is InChI=1S/C22H22N4O3/c23-17-6-2-3-13-9-10-25(20(13)17)11-14-4-1-5-15-16(14)12-26(22(15)29)18-7-8-19(27)24-21(18)28/h1-6,18H,7-12,23H2,(H,24,27,28). The molecule has 148 valence electrons. The third kappa shape index (κ3) is 2.85. The van der Waals surface area contributed by atoms with Crippen molar-refractivity contribution in [1.29, 1.82) is 0 Å². The number of amides is 3. The van der Waals surface area contributed by atoms with Crippen LogP contribution >= 0.6 is 0 Å². The first-order valence-corrected chi connectivity index (χ1v) is 9.90. The Morgan fingerprint density at radius 3 is 2.72 bits per heavy atom. The van der Waals surface area contributed by atoms with Crippen LogP contribution in [0.15, 0.2) is 36.4 Å². The number of carbonyl (C=O) groups is 3. The lowest BCUT2D eigenvalue weighted by molar-refractivity contribution is -0.136. The maximum absolute atomic E-state index is 13.0. The van der Waals surface area contributed by atoms with Gasteiger partial charge in [-0.3, -0.25) is 19.7 Å². The molecule has 1 fully saturated rings. The first kappa shape index (κ1) is 17.7. The average Bonchev–Trinajstić information content (AvgIpc) is 3.25. The van der Waals surface area contributed by atoms with Gasteiger partial charge in [0.15, 0.2) is 0 Å². The third-order valence-electron chi connectivity index (χ3n) is 6.16. The summed E-state index contributed by atoms with van der Waals surface area (Å²) in [5, 5.41) is 2.35. The quantitative estimate of drug-likeness (QED) is 0.613. The largest absolute Gasteiger partial charge is 0.397 e. The van der Waals surface area contributed by atoms with E-state index in [-0.39, 0.29) is 24.1 Å². The zero-order valence-corrected chi connectivity index (χ0v) is 16.0. The van der Waals surface area contributed by atoms with E-state index in [2.05, 4.69) is 16.3 Å². The second-order valence-electron chi connectivity index (χ2n) is 7.87. The molecular weight excluding hydrogens is 368 g/mol. The van der Waals surface area contributed by atoms with Crippen LogP contribution in [0.4, 0.5) is 11.4 Å². The molecular formula is C22H22N4O3. The highest BCUT2D eigenvalue weighted by Gasteiger charge is 2.40. The summed E-state index contributed by atoms with van der Waals surface area (Å²) in [7, 11) is 0. The molecule has 3 amide bonds. The molecule has 0 spiro atoms. The van der Waals surface area contributed by atoms with Gasteiger partial charge in [0.1, 0.15) is 6.04 Å². The number of rotatable bonds is 3. The van der Waals surface area contributed by atoms with Gasteiger partial charge >= 0.3 is 0 Å². The number of nitrogens with one attached hydrogen (secondary N) is 1. The Balaban J connectivity index is 1.42. The molecule has 3 aliphatic heterocycles. The van der Waals surface area contributed by atoms with Crippen molar-refractivity contribution in [1.82, 2.24) is 10.2 Å². The van der Waals surface area contributed by atoms with Crippen molar-refractivity contribution in [3.63, 3.8) is 0 Å². The molecule has 1 saturated heterocycles. The van der Waals surface area contributed by atoms with Crippen LogP contribution in [0.3, 0.4) is 0 Å². The van der Waals surface area contributed by atoms with E-state index in [1.165, 1.54) is 5.56 Å². The highest BCUT2D eigenvalue weighted by Crippen LogP contribution is 2.36. The minimum absolute atomic E-state index is 0.141. The first-order chi connectivity index (χ1) is 14.0. The number of imide groups is 1. The van der Waals surface area contributed by atoms with Crippen molar-refractivity contribution in [2.75, 3.05) is 17.2 Å². The zero-order valence-electron chi connectivity index (χ0n) is 16.0. The number of para-hydroxylation sites is 1. The molecule has 0 aliphatic carbocycles. The normalized spacial score (nSPS) is 20.7. The number of anilines is 2. The molecule has 0 radical (unpaired) electrons. The van der Waals surface area contributed by atoms with Gasteiger partial charge in [-0.05, 0) is 41.7 Å². The highest BCUT2D eigenvalue weighted by atomic mass is 16.2. The molecule has 7 nitrogen and oxygen atoms in total.